The van der Waals surface area contributed by atoms with Gasteiger partial charge in [-0.15, -0.1) is 0 Å². The number of aryl methyl sites for hydroxylation is 1. The van der Waals surface area contributed by atoms with Gasteiger partial charge < -0.3 is 9.47 Å². The van der Waals surface area contributed by atoms with Crippen molar-refractivity contribution in [3.63, 3.8) is 0 Å². The number of nitrogens with zero attached hydrogens (tertiary/aromatic N) is 4. The van der Waals surface area contributed by atoms with Crippen molar-refractivity contribution < 1.29 is 0 Å². The second kappa shape index (κ2) is 6.20. The molecule has 0 N–H and O–H groups in total. The summed E-state index contributed by atoms with van der Waals surface area (Å²) >= 11 is 0. The molecule has 0 spiro atoms. The summed E-state index contributed by atoms with van der Waals surface area (Å²) in [6.07, 6.45) is 3.56. The fraction of sp³-hybridized carbons (Fsp3) is 0.579. The molecule has 0 radical (unpaired) electrons. The maximum atomic E-state index is 13.1. The number of anilines is 1. The molecule has 24 heavy (non-hydrogen) atoms. The van der Waals surface area contributed by atoms with E-state index in [9.17, 15) is 4.79 Å². The van der Waals surface area contributed by atoms with Crippen molar-refractivity contribution in [1.29, 1.82) is 0 Å². The lowest BCUT2D eigenvalue weighted by molar-refractivity contribution is 0.193. The zero-order chi connectivity index (χ0) is 16.7. The van der Waals surface area contributed by atoms with Gasteiger partial charge in [0, 0.05) is 31.7 Å². The van der Waals surface area contributed by atoms with Crippen molar-refractivity contribution in [3.8, 4) is 0 Å². The summed E-state index contributed by atoms with van der Waals surface area (Å²) in [5.41, 5.74) is 1.90. The van der Waals surface area contributed by atoms with Crippen LogP contribution >= 0.6 is 0 Å². The molecule has 2 fully saturated rings. The lowest BCUT2D eigenvalue weighted by Crippen LogP contribution is -2.57. The van der Waals surface area contributed by atoms with Crippen LogP contribution in [0.5, 0.6) is 0 Å². The minimum absolute atomic E-state index is 0.0566. The summed E-state index contributed by atoms with van der Waals surface area (Å²) in [6.45, 7) is 8.12. The number of piperazine rings is 1. The molecule has 1 aromatic heterocycles. The highest BCUT2D eigenvalue weighted by atomic mass is 16.1. The first-order valence-electron chi connectivity index (χ1n) is 9.23. The molecule has 0 saturated carbocycles. The molecule has 2 aliphatic heterocycles. The molecular formula is C19H26N4O. The van der Waals surface area contributed by atoms with E-state index in [1.807, 2.05) is 35.8 Å². The summed E-state index contributed by atoms with van der Waals surface area (Å²) in [5.74, 6) is 0.647. The molecular weight excluding hydrogens is 300 g/mol. The van der Waals surface area contributed by atoms with Crippen LogP contribution in [0.15, 0.2) is 29.1 Å². The topological polar surface area (TPSA) is 41.4 Å². The van der Waals surface area contributed by atoms with Crippen molar-refractivity contribution in [2.75, 3.05) is 24.5 Å². The molecule has 128 valence electrons. The van der Waals surface area contributed by atoms with Crippen LogP contribution in [0.1, 0.15) is 33.1 Å². The Hall–Kier alpha value is -1.88. The molecule has 0 amide bonds. The molecule has 4 rings (SSSR count). The van der Waals surface area contributed by atoms with Gasteiger partial charge >= 0.3 is 0 Å². The Labute approximate surface area is 142 Å². The van der Waals surface area contributed by atoms with Gasteiger partial charge in [-0.25, -0.2) is 4.98 Å². The highest BCUT2D eigenvalue weighted by Gasteiger charge is 2.37. The standard InChI is InChI=1S/C19H26N4O/c1-3-14-12-21-11-7-8-15(21)13-23(14)18-19(24)22(4-2)17-10-6-5-9-16(17)20-18/h5-6,9-10,14-15H,3-4,7-8,11-13H2,1-2H3/t14-,15-/m0/s1. The molecule has 1 aromatic carbocycles. The number of fused-ring (bicyclic) bond motifs is 2. The number of hydrogen-bond donors (Lipinski definition) is 0. The smallest absolute Gasteiger partial charge is 0.294 e. The van der Waals surface area contributed by atoms with Crippen molar-refractivity contribution in [2.24, 2.45) is 0 Å². The van der Waals surface area contributed by atoms with Crippen molar-refractivity contribution in [1.82, 2.24) is 14.5 Å². The number of benzene rings is 1. The lowest BCUT2D eigenvalue weighted by Gasteiger charge is -2.44. The van der Waals surface area contributed by atoms with E-state index in [1.165, 1.54) is 19.4 Å². The summed E-state index contributed by atoms with van der Waals surface area (Å²) in [7, 11) is 0. The van der Waals surface area contributed by atoms with E-state index >= 15 is 0 Å². The van der Waals surface area contributed by atoms with Crippen LogP contribution in [-0.4, -0.2) is 46.2 Å². The van der Waals surface area contributed by atoms with Gasteiger partial charge in [0.1, 0.15) is 0 Å². The molecule has 2 aliphatic rings. The summed E-state index contributed by atoms with van der Waals surface area (Å²) in [5, 5.41) is 0. The Kier molecular flexibility index (Phi) is 4.04. The van der Waals surface area contributed by atoms with Gasteiger partial charge in [-0.3, -0.25) is 9.69 Å². The number of rotatable bonds is 3. The van der Waals surface area contributed by atoms with E-state index in [4.69, 9.17) is 4.98 Å². The highest BCUT2D eigenvalue weighted by molar-refractivity contribution is 5.76. The fourth-order valence-corrected chi connectivity index (χ4v) is 4.38. The Balaban J connectivity index is 1.82. The second-order valence-electron chi connectivity index (χ2n) is 6.98. The Bertz CT molecular complexity index is 800. The molecule has 2 aromatic rings. The van der Waals surface area contributed by atoms with Gasteiger partial charge in [0.05, 0.1) is 11.0 Å². The van der Waals surface area contributed by atoms with E-state index in [0.717, 1.165) is 30.5 Å². The second-order valence-corrected chi connectivity index (χ2v) is 6.98. The molecule has 2 saturated heterocycles. The zero-order valence-electron chi connectivity index (χ0n) is 14.6. The van der Waals surface area contributed by atoms with Crippen LogP contribution in [0, 0.1) is 0 Å². The fourth-order valence-electron chi connectivity index (χ4n) is 4.38. The van der Waals surface area contributed by atoms with Gasteiger partial charge in [-0.1, -0.05) is 19.1 Å². The first kappa shape index (κ1) is 15.6. The number of para-hydroxylation sites is 2. The van der Waals surface area contributed by atoms with Crippen LogP contribution < -0.4 is 10.5 Å². The van der Waals surface area contributed by atoms with Crippen molar-refractivity contribution in [2.45, 2.75) is 51.7 Å². The SMILES string of the molecule is CC[C@H]1CN2CCC[C@H]2CN1c1nc2ccccc2n(CC)c1=O. The molecule has 5 heteroatoms. The monoisotopic (exact) mass is 326 g/mol. The predicted octanol–water partition coefficient (Wildman–Crippen LogP) is 2.48. The van der Waals surface area contributed by atoms with Crippen LogP contribution in [0.2, 0.25) is 0 Å². The van der Waals surface area contributed by atoms with Gasteiger partial charge in [0.15, 0.2) is 5.82 Å². The van der Waals surface area contributed by atoms with E-state index in [2.05, 4.69) is 16.7 Å². The first-order valence-corrected chi connectivity index (χ1v) is 9.23. The van der Waals surface area contributed by atoms with E-state index in [0.29, 0.717) is 24.4 Å². The van der Waals surface area contributed by atoms with Gasteiger partial charge in [-0.05, 0) is 44.9 Å². The maximum Gasteiger partial charge on any atom is 0.294 e. The van der Waals surface area contributed by atoms with Crippen LogP contribution in [0.3, 0.4) is 0 Å². The normalized spacial score (nSPS) is 24.5. The maximum absolute atomic E-state index is 13.1. The quantitative estimate of drug-likeness (QED) is 0.869. The summed E-state index contributed by atoms with van der Waals surface area (Å²) < 4.78 is 1.87. The number of hydrogen-bond acceptors (Lipinski definition) is 4. The first-order chi connectivity index (χ1) is 11.7. The molecule has 2 atom stereocenters. The third-order valence-corrected chi connectivity index (χ3v) is 5.69. The molecule has 3 heterocycles. The largest absolute Gasteiger partial charge is 0.346 e. The van der Waals surface area contributed by atoms with E-state index < -0.39 is 0 Å². The minimum atomic E-state index is 0.0566. The lowest BCUT2D eigenvalue weighted by atomic mass is 10.1. The third kappa shape index (κ3) is 2.42. The van der Waals surface area contributed by atoms with Crippen LogP contribution in [0.4, 0.5) is 5.82 Å². The van der Waals surface area contributed by atoms with Crippen molar-refractivity contribution >= 4 is 16.9 Å². The van der Waals surface area contributed by atoms with E-state index in [-0.39, 0.29) is 5.56 Å². The van der Waals surface area contributed by atoms with Gasteiger partial charge in [0.2, 0.25) is 0 Å². The zero-order valence-corrected chi connectivity index (χ0v) is 14.6. The summed E-state index contributed by atoms with van der Waals surface area (Å²) in [4.78, 5) is 22.8. The molecule has 0 unspecified atom stereocenters. The van der Waals surface area contributed by atoms with Crippen LogP contribution in [0.25, 0.3) is 11.0 Å². The third-order valence-electron chi connectivity index (χ3n) is 5.69. The van der Waals surface area contributed by atoms with Gasteiger partial charge in [0.25, 0.3) is 5.56 Å². The average Bonchev–Trinajstić information content (AvgIpc) is 3.07. The Morgan fingerprint density at radius 3 is 2.83 bits per heavy atom. The Morgan fingerprint density at radius 2 is 2.04 bits per heavy atom. The van der Waals surface area contributed by atoms with E-state index in [1.54, 1.807) is 0 Å². The summed E-state index contributed by atoms with van der Waals surface area (Å²) in [6, 6.07) is 8.93. The molecule has 5 nitrogen and oxygen atoms in total. The number of aromatic nitrogens is 2. The molecule has 0 aliphatic carbocycles. The highest BCUT2D eigenvalue weighted by Crippen LogP contribution is 2.28. The minimum Gasteiger partial charge on any atom is -0.346 e. The van der Waals surface area contributed by atoms with Gasteiger partial charge in [-0.2, -0.15) is 0 Å². The van der Waals surface area contributed by atoms with Crippen molar-refractivity contribution in [3.05, 3.63) is 34.6 Å². The predicted molar refractivity (Wildman–Crippen MR) is 97.7 cm³/mol. The molecule has 0 bridgehead atoms. The average molecular weight is 326 g/mol. The van der Waals surface area contributed by atoms with Crippen LogP contribution in [-0.2, 0) is 6.54 Å². The Morgan fingerprint density at radius 1 is 1.21 bits per heavy atom.